The molecule has 2 aromatic heterocycles. The zero-order valence-electron chi connectivity index (χ0n) is 24.3. The van der Waals surface area contributed by atoms with Gasteiger partial charge in [-0.1, -0.05) is 63.2 Å². The Kier molecular flexibility index (Phi) is 6.96. The standard InChI is InChI=1S/C33H35N5O4/c1-33(2,3)29(36-30(39)27-15-20-9-5-7-11-25(20)35-27)32(41)38-19-22-16-23(38)18-37(22)31(40)26-14-13-21(17-34-26)24-10-6-8-12-28(24)42-4/h5-15,17,22-23,29,35H,16,18-19H2,1-4H3,(H,36,39)/t22-,23-,29+/m0/s1. The molecule has 2 aliphatic heterocycles. The first kappa shape index (κ1) is 27.5. The fraction of sp³-hybridized carbons (Fsp3) is 0.333. The van der Waals surface area contributed by atoms with Crippen molar-refractivity contribution in [2.75, 3.05) is 20.2 Å². The van der Waals surface area contributed by atoms with Crippen LogP contribution in [0.5, 0.6) is 5.75 Å². The highest BCUT2D eigenvalue weighted by Crippen LogP contribution is 2.35. The second-order valence-corrected chi connectivity index (χ2v) is 12.2. The maximum absolute atomic E-state index is 13.9. The molecule has 0 spiro atoms. The van der Waals surface area contributed by atoms with Crippen LogP contribution in [0.4, 0.5) is 0 Å². The molecule has 2 aromatic carbocycles. The number of H-pyrrole nitrogens is 1. The van der Waals surface area contributed by atoms with Crippen molar-refractivity contribution in [2.24, 2.45) is 5.41 Å². The van der Waals surface area contributed by atoms with Gasteiger partial charge in [0.2, 0.25) is 5.91 Å². The van der Waals surface area contributed by atoms with Crippen molar-refractivity contribution in [1.29, 1.82) is 0 Å². The van der Waals surface area contributed by atoms with Crippen LogP contribution in [0.1, 0.15) is 48.2 Å². The number of nitrogens with one attached hydrogen (secondary N) is 2. The van der Waals surface area contributed by atoms with E-state index in [0.29, 0.717) is 30.9 Å². The molecule has 3 amide bonds. The number of para-hydroxylation sites is 2. The van der Waals surface area contributed by atoms with Crippen LogP contribution >= 0.6 is 0 Å². The Hall–Kier alpha value is -4.66. The van der Waals surface area contributed by atoms with Crippen LogP contribution in [0.15, 0.2) is 72.9 Å². The molecule has 4 aromatic rings. The smallest absolute Gasteiger partial charge is 0.272 e. The minimum Gasteiger partial charge on any atom is -0.496 e. The number of carbonyl (C=O) groups excluding carboxylic acids is 3. The van der Waals surface area contributed by atoms with Crippen LogP contribution < -0.4 is 10.1 Å². The molecule has 9 nitrogen and oxygen atoms in total. The van der Waals surface area contributed by atoms with Gasteiger partial charge in [-0.3, -0.25) is 19.4 Å². The van der Waals surface area contributed by atoms with Gasteiger partial charge in [-0.15, -0.1) is 0 Å². The molecule has 0 aliphatic carbocycles. The Morgan fingerprint density at radius 1 is 0.976 bits per heavy atom. The number of aromatic amines is 1. The molecule has 2 saturated heterocycles. The van der Waals surface area contributed by atoms with Crippen LogP contribution in [0, 0.1) is 5.41 Å². The van der Waals surface area contributed by atoms with E-state index in [0.717, 1.165) is 27.8 Å². The third-order valence-corrected chi connectivity index (χ3v) is 8.35. The minimum atomic E-state index is -0.718. The van der Waals surface area contributed by atoms with Crippen LogP contribution in [0.3, 0.4) is 0 Å². The van der Waals surface area contributed by atoms with Crippen molar-refractivity contribution >= 4 is 28.6 Å². The Balaban J connectivity index is 1.13. The number of carbonyl (C=O) groups is 3. The largest absolute Gasteiger partial charge is 0.496 e. The summed E-state index contributed by atoms with van der Waals surface area (Å²) in [4.78, 5) is 51.8. The Bertz CT molecular complexity index is 1620. The van der Waals surface area contributed by atoms with Gasteiger partial charge in [-0.2, -0.15) is 0 Å². The Morgan fingerprint density at radius 3 is 2.36 bits per heavy atom. The highest BCUT2D eigenvalue weighted by atomic mass is 16.5. The van der Waals surface area contributed by atoms with Crippen molar-refractivity contribution in [3.8, 4) is 16.9 Å². The number of likely N-dealkylation sites (tertiary alicyclic amines) is 2. The number of methoxy groups -OCH3 is 1. The van der Waals surface area contributed by atoms with Crippen molar-refractivity contribution in [2.45, 2.75) is 45.3 Å². The number of nitrogens with zero attached hydrogens (tertiary/aromatic N) is 3. The number of hydrogen-bond acceptors (Lipinski definition) is 5. The van der Waals surface area contributed by atoms with E-state index in [1.54, 1.807) is 25.4 Å². The molecule has 0 unspecified atom stereocenters. The first-order valence-corrected chi connectivity index (χ1v) is 14.2. The summed E-state index contributed by atoms with van der Waals surface area (Å²) in [5.41, 5.74) is 2.92. The second kappa shape index (κ2) is 10.6. The van der Waals surface area contributed by atoms with Gasteiger partial charge in [0.1, 0.15) is 23.2 Å². The summed E-state index contributed by atoms with van der Waals surface area (Å²) in [5.74, 6) is 0.167. The SMILES string of the molecule is COc1ccccc1-c1ccc(C(=O)N2C[C@@H]3C[C@H]2CN3C(=O)[C@@H](NC(=O)c2cc3ccccc3[nH]2)C(C)(C)C)nc1. The third-order valence-electron chi connectivity index (χ3n) is 8.35. The van der Waals surface area contributed by atoms with E-state index in [9.17, 15) is 14.4 Å². The first-order chi connectivity index (χ1) is 20.1. The number of ether oxygens (including phenoxy) is 1. The average molecular weight is 566 g/mol. The normalized spacial score (nSPS) is 18.8. The van der Waals surface area contributed by atoms with Gasteiger partial charge in [0, 0.05) is 41.3 Å². The zero-order chi connectivity index (χ0) is 29.6. The molecule has 2 bridgehead atoms. The predicted octanol–water partition coefficient (Wildman–Crippen LogP) is 4.51. The summed E-state index contributed by atoms with van der Waals surface area (Å²) in [6.45, 7) is 6.73. The van der Waals surface area contributed by atoms with Gasteiger partial charge >= 0.3 is 0 Å². The number of amides is 3. The lowest BCUT2D eigenvalue weighted by Crippen LogP contribution is -2.59. The van der Waals surface area contributed by atoms with E-state index in [1.165, 1.54) is 0 Å². The molecule has 0 radical (unpaired) electrons. The average Bonchev–Trinajstić information content (AvgIpc) is 3.73. The molecule has 42 heavy (non-hydrogen) atoms. The summed E-state index contributed by atoms with van der Waals surface area (Å²) in [7, 11) is 1.63. The fourth-order valence-electron chi connectivity index (χ4n) is 6.11. The van der Waals surface area contributed by atoms with E-state index < -0.39 is 11.5 Å². The van der Waals surface area contributed by atoms with E-state index in [2.05, 4.69) is 15.3 Å². The number of rotatable bonds is 6. The summed E-state index contributed by atoms with van der Waals surface area (Å²) in [6, 6.07) is 19.9. The highest BCUT2D eigenvalue weighted by molar-refractivity contribution is 6.00. The number of hydrogen-bond donors (Lipinski definition) is 2. The lowest BCUT2D eigenvalue weighted by Gasteiger charge is -2.39. The van der Waals surface area contributed by atoms with Crippen LogP contribution in [0.2, 0.25) is 0 Å². The quantitative estimate of drug-likeness (QED) is 0.358. The molecule has 0 saturated carbocycles. The van der Waals surface area contributed by atoms with Gasteiger partial charge in [0.05, 0.1) is 19.2 Å². The molecular formula is C33H35N5O4. The monoisotopic (exact) mass is 565 g/mol. The van der Waals surface area contributed by atoms with Gasteiger partial charge in [0.25, 0.3) is 11.8 Å². The van der Waals surface area contributed by atoms with Crippen LogP contribution in [-0.4, -0.2) is 75.8 Å². The van der Waals surface area contributed by atoms with E-state index in [4.69, 9.17) is 4.74 Å². The molecule has 4 heterocycles. The number of pyridine rings is 1. The van der Waals surface area contributed by atoms with Gasteiger partial charge < -0.3 is 24.8 Å². The topological polar surface area (TPSA) is 108 Å². The van der Waals surface area contributed by atoms with E-state index in [-0.39, 0.29) is 29.8 Å². The minimum absolute atomic E-state index is 0.0906. The van der Waals surface area contributed by atoms with Gasteiger partial charge in [-0.25, -0.2) is 0 Å². The molecule has 2 fully saturated rings. The van der Waals surface area contributed by atoms with Gasteiger partial charge in [-0.05, 0) is 36.1 Å². The number of fused-ring (bicyclic) bond motifs is 3. The predicted molar refractivity (Wildman–Crippen MR) is 160 cm³/mol. The second-order valence-electron chi connectivity index (χ2n) is 12.2. The lowest BCUT2D eigenvalue weighted by molar-refractivity contribution is -0.138. The van der Waals surface area contributed by atoms with Crippen molar-refractivity contribution in [1.82, 2.24) is 25.1 Å². The van der Waals surface area contributed by atoms with Crippen LogP contribution in [0.25, 0.3) is 22.0 Å². The number of benzene rings is 2. The van der Waals surface area contributed by atoms with E-state index >= 15 is 0 Å². The van der Waals surface area contributed by atoms with Crippen molar-refractivity contribution in [3.05, 3.63) is 84.3 Å². The maximum Gasteiger partial charge on any atom is 0.272 e. The Labute approximate surface area is 244 Å². The molecular weight excluding hydrogens is 530 g/mol. The molecule has 2 aliphatic rings. The zero-order valence-corrected chi connectivity index (χ0v) is 24.3. The summed E-state index contributed by atoms with van der Waals surface area (Å²) >= 11 is 0. The van der Waals surface area contributed by atoms with Gasteiger partial charge in [0.15, 0.2) is 0 Å². The summed E-state index contributed by atoms with van der Waals surface area (Å²) in [6.07, 6.45) is 2.41. The molecule has 216 valence electrons. The van der Waals surface area contributed by atoms with Crippen LogP contribution in [-0.2, 0) is 4.79 Å². The molecule has 6 rings (SSSR count). The third kappa shape index (κ3) is 5.00. The highest BCUT2D eigenvalue weighted by Gasteiger charge is 2.50. The molecule has 9 heteroatoms. The molecule has 2 N–H and O–H groups in total. The Morgan fingerprint density at radius 2 is 1.69 bits per heavy atom. The number of aromatic nitrogens is 2. The first-order valence-electron chi connectivity index (χ1n) is 14.2. The lowest BCUT2D eigenvalue weighted by atomic mass is 9.85. The summed E-state index contributed by atoms with van der Waals surface area (Å²) in [5, 5.41) is 3.93. The maximum atomic E-state index is 13.9. The van der Waals surface area contributed by atoms with Crippen molar-refractivity contribution < 1.29 is 19.1 Å². The van der Waals surface area contributed by atoms with Crippen molar-refractivity contribution in [3.63, 3.8) is 0 Å². The van der Waals surface area contributed by atoms with E-state index in [1.807, 2.05) is 85.2 Å². The molecule has 3 atom stereocenters. The summed E-state index contributed by atoms with van der Waals surface area (Å²) < 4.78 is 5.46. The number of piperazine rings is 1. The fourth-order valence-corrected chi connectivity index (χ4v) is 6.11.